The minimum atomic E-state index is -1.49. The lowest BCUT2D eigenvalue weighted by Crippen LogP contribution is -2.61. The molecule has 2 saturated carbocycles. The van der Waals surface area contributed by atoms with E-state index in [1.807, 2.05) is 6.08 Å². The Labute approximate surface area is 157 Å². The van der Waals surface area contributed by atoms with Crippen molar-refractivity contribution in [2.75, 3.05) is 0 Å². The third-order valence-electron chi connectivity index (χ3n) is 9.59. The summed E-state index contributed by atoms with van der Waals surface area (Å²) in [5, 5.41) is 23.8. The summed E-state index contributed by atoms with van der Waals surface area (Å²) >= 11 is 0. The minimum absolute atomic E-state index is 0.00876. The van der Waals surface area contributed by atoms with E-state index in [-0.39, 0.29) is 28.4 Å². The Morgan fingerprint density at radius 1 is 1.12 bits per heavy atom. The van der Waals surface area contributed by atoms with Gasteiger partial charge in [0.1, 0.15) is 5.60 Å². The molecular formula is C23H34O3. The van der Waals surface area contributed by atoms with E-state index in [0.717, 1.165) is 12.0 Å². The van der Waals surface area contributed by atoms with Crippen LogP contribution in [0.25, 0.3) is 0 Å². The van der Waals surface area contributed by atoms with Gasteiger partial charge in [-0.05, 0) is 47.5 Å². The quantitative estimate of drug-likeness (QED) is 0.699. The van der Waals surface area contributed by atoms with E-state index < -0.39 is 17.1 Å². The molecular weight excluding hydrogens is 324 g/mol. The van der Waals surface area contributed by atoms with Crippen LogP contribution < -0.4 is 0 Å². The first-order chi connectivity index (χ1) is 11.9. The molecule has 0 aromatic heterocycles. The van der Waals surface area contributed by atoms with E-state index in [9.17, 15) is 15.0 Å². The first-order valence-corrected chi connectivity index (χ1v) is 10.3. The summed E-state index contributed by atoms with van der Waals surface area (Å²) in [4.78, 5) is 12.9. The predicted octanol–water partition coefficient (Wildman–Crippen LogP) is 3.90. The van der Waals surface area contributed by atoms with Crippen LogP contribution in [0.4, 0.5) is 0 Å². The average Bonchev–Trinajstić information content (AvgIpc) is 2.97. The van der Waals surface area contributed by atoms with Crippen molar-refractivity contribution >= 4 is 5.78 Å². The van der Waals surface area contributed by atoms with E-state index in [4.69, 9.17) is 0 Å². The van der Waals surface area contributed by atoms with Crippen LogP contribution in [0.1, 0.15) is 61.3 Å². The molecule has 4 rings (SSSR count). The lowest BCUT2D eigenvalue weighted by atomic mass is 9.55. The molecule has 0 bridgehead atoms. The Bertz CT molecular complexity index is 747. The molecule has 4 aliphatic carbocycles. The zero-order chi connectivity index (χ0) is 19.4. The number of Topliss-reactive ketones (excluding diaryl/α,β-unsaturated/α-hetero) is 1. The van der Waals surface area contributed by atoms with Crippen molar-refractivity contribution in [3.05, 3.63) is 23.3 Å². The summed E-state index contributed by atoms with van der Waals surface area (Å²) < 4.78 is 0. The summed E-state index contributed by atoms with van der Waals surface area (Å²) in [6, 6.07) is 0. The molecule has 26 heavy (non-hydrogen) atoms. The molecule has 0 radical (unpaired) electrons. The Hall–Kier alpha value is -0.930. The highest BCUT2D eigenvalue weighted by Gasteiger charge is 2.80. The van der Waals surface area contributed by atoms with Crippen LogP contribution in [0.2, 0.25) is 0 Å². The summed E-state index contributed by atoms with van der Waals surface area (Å²) in [5.41, 5.74) is -0.531. The fraction of sp³-hybridized carbons (Fsp3) is 0.783. The fourth-order valence-corrected chi connectivity index (χ4v) is 7.52. The summed E-state index contributed by atoms with van der Waals surface area (Å²) in [6.07, 6.45) is 5.28. The maximum absolute atomic E-state index is 12.9. The second-order valence-corrected chi connectivity index (χ2v) is 10.4. The van der Waals surface area contributed by atoms with Gasteiger partial charge in [-0.3, -0.25) is 4.79 Å². The van der Waals surface area contributed by atoms with E-state index in [1.54, 1.807) is 6.92 Å². The first kappa shape index (κ1) is 18.4. The number of carbonyl (C=O) groups excluding carboxylic acids is 1. The number of carbonyl (C=O) groups is 1. The van der Waals surface area contributed by atoms with Crippen molar-refractivity contribution in [3.8, 4) is 0 Å². The molecule has 0 aromatic rings. The largest absolute Gasteiger partial charge is 0.388 e. The topological polar surface area (TPSA) is 57.5 Å². The Morgan fingerprint density at radius 2 is 1.73 bits per heavy atom. The number of ketones is 1. The van der Waals surface area contributed by atoms with Crippen LogP contribution in [-0.4, -0.2) is 27.2 Å². The van der Waals surface area contributed by atoms with Gasteiger partial charge >= 0.3 is 0 Å². The predicted molar refractivity (Wildman–Crippen MR) is 102 cm³/mol. The monoisotopic (exact) mass is 358 g/mol. The average molecular weight is 359 g/mol. The molecule has 3 heteroatoms. The van der Waals surface area contributed by atoms with E-state index in [1.165, 1.54) is 0 Å². The maximum Gasteiger partial charge on any atom is 0.190 e. The Morgan fingerprint density at radius 3 is 2.31 bits per heavy atom. The second kappa shape index (κ2) is 4.91. The van der Waals surface area contributed by atoms with E-state index >= 15 is 0 Å². The standard InChI is InChI=1S/C23H34O3/c1-8-15-10-16-18-20(5,6)21(18,7)13(3)14(4)23(16,26)17-9-12(2)19(24)22(17,25)11-15/h9-10,13-14,16-18,25-26H,8,11H2,1-7H3/t13-,14-,16+,17-,18-,21-,22-,23-/m1/s1. The second-order valence-electron chi connectivity index (χ2n) is 10.4. The van der Waals surface area contributed by atoms with Crippen LogP contribution in [0.5, 0.6) is 0 Å². The highest BCUT2D eigenvalue weighted by atomic mass is 16.3. The molecule has 0 amide bonds. The van der Waals surface area contributed by atoms with Gasteiger partial charge < -0.3 is 10.2 Å². The molecule has 0 unspecified atom stereocenters. The molecule has 0 spiro atoms. The van der Waals surface area contributed by atoms with Gasteiger partial charge in [0.25, 0.3) is 0 Å². The molecule has 0 heterocycles. The van der Waals surface area contributed by atoms with E-state index in [0.29, 0.717) is 23.8 Å². The van der Waals surface area contributed by atoms with Crippen molar-refractivity contribution in [1.29, 1.82) is 0 Å². The lowest BCUT2D eigenvalue weighted by Gasteiger charge is -2.53. The Kier molecular flexibility index (Phi) is 3.48. The van der Waals surface area contributed by atoms with E-state index in [2.05, 4.69) is 47.6 Å². The zero-order valence-electron chi connectivity index (χ0n) is 17.3. The van der Waals surface area contributed by atoms with Gasteiger partial charge in [0.05, 0.1) is 5.60 Å². The number of aliphatic hydroxyl groups is 2. The highest BCUT2D eigenvalue weighted by Crippen LogP contribution is 2.81. The van der Waals surface area contributed by atoms with Crippen molar-refractivity contribution < 1.29 is 15.0 Å². The molecule has 3 nitrogen and oxygen atoms in total. The van der Waals surface area contributed by atoms with Gasteiger partial charge in [-0.2, -0.15) is 0 Å². The molecule has 8 atom stereocenters. The number of hydrogen-bond acceptors (Lipinski definition) is 3. The van der Waals surface area contributed by atoms with Crippen molar-refractivity contribution in [1.82, 2.24) is 0 Å². The van der Waals surface area contributed by atoms with Crippen LogP contribution in [0.3, 0.4) is 0 Å². The maximum atomic E-state index is 12.9. The number of rotatable bonds is 1. The van der Waals surface area contributed by atoms with Gasteiger partial charge in [-0.15, -0.1) is 0 Å². The van der Waals surface area contributed by atoms with Crippen molar-refractivity contribution in [2.24, 2.45) is 40.4 Å². The van der Waals surface area contributed by atoms with Gasteiger partial charge in [0, 0.05) is 18.3 Å². The first-order valence-electron chi connectivity index (χ1n) is 10.3. The van der Waals surface area contributed by atoms with Gasteiger partial charge in [0.2, 0.25) is 0 Å². The lowest BCUT2D eigenvalue weighted by molar-refractivity contribution is -0.181. The summed E-state index contributed by atoms with van der Waals surface area (Å²) in [7, 11) is 0. The van der Waals surface area contributed by atoms with Gasteiger partial charge in [-0.1, -0.05) is 59.3 Å². The van der Waals surface area contributed by atoms with Gasteiger partial charge in [-0.25, -0.2) is 0 Å². The molecule has 2 fully saturated rings. The number of fused-ring (bicyclic) bond motifs is 5. The van der Waals surface area contributed by atoms with Gasteiger partial charge in [0.15, 0.2) is 5.78 Å². The molecule has 2 N–H and O–H groups in total. The fourth-order valence-electron chi connectivity index (χ4n) is 7.52. The minimum Gasteiger partial charge on any atom is -0.388 e. The third-order valence-corrected chi connectivity index (χ3v) is 9.59. The normalized spacial score (nSPS) is 54.5. The van der Waals surface area contributed by atoms with Crippen LogP contribution in [-0.2, 0) is 4.79 Å². The summed E-state index contributed by atoms with van der Waals surface area (Å²) in [6.45, 7) is 15.3. The van der Waals surface area contributed by atoms with Crippen molar-refractivity contribution in [2.45, 2.75) is 72.5 Å². The number of hydrogen-bond donors (Lipinski definition) is 2. The molecule has 0 aliphatic heterocycles. The smallest absolute Gasteiger partial charge is 0.190 e. The van der Waals surface area contributed by atoms with Crippen LogP contribution >= 0.6 is 0 Å². The van der Waals surface area contributed by atoms with Crippen molar-refractivity contribution in [3.63, 3.8) is 0 Å². The molecule has 144 valence electrons. The SMILES string of the molecule is CCC1=C[C@H]2[C@@H]3C(C)(C)[C@]3(C)[C@H](C)[C@@H](C)[C@]2(O)[C@@H]2C=C(C)C(=O)[C@@]2(O)C1. The molecule has 4 aliphatic rings. The zero-order valence-corrected chi connectivity index (χ0v) is 17.3. The Balaban J connectivity index is 1.96. The van der Waals surface area contributed by atoms with Crippen LogP contribution in [0, 0.1) is 40.4 Å². The molecule has 0 saturated heterocycles. The summed E-state index contributed by atoms with van der Waals surface area (Å²) in [5.74, 6) is -0.0223. The molecule has 0 aromatic carbocycles. The highest BCUT2D eigenvalue weighted by molar-refractivity contribution is 6.04. The third kappa shape index (κ3) is 1.71. The van der Waals surface area contributed by atoms with Crippen LogP contribution in [0.15, 0.2) is 23.3 Å².